The van der Waals surface area contributed by atoms with E-state index in [0.717, 1.165) is 11.2 Å². The summed E-state index contributed by atoms with van der Waals surface area (Å²) in [5, 5.41) is 2.43. The lowest BCUT2D eigenvalue weighted by Crippen LogP contribution is -2.55. The number of aryl methyl sites for hydroxylation is 1. The van der Waals surface area contributed by atoms with Crippen LogP contribution in [0.1, 0.15) is 58.2 Å². The lowest BCUT2D eigenvalue weighted by Gasteiger charge is -2.37. The molecule has 0 saturated heterocycles. The second-order valence-electron chi connectivity index (χ2n) is 14.3. The van der Waals surface area contributed by atoms with Crippen LogP contribution in [0.25, 0.3) is 33.1 Å². The molecule has 1 aromatic heterocycles. The van der Waals surface area contributed by atoms with Crippen molar-refractivity contribution in [3.05, 3.63) is 108 Å². The predicted octanol–water partition coefficient (Wildman–Crippen LogP) is 8.77. The molecule has 0 bridgehead atoms. The fourth-order valence-electron chi connectivity index (χ4n) is 7.29. The lowest BCUT2D eigenvalue weighted by atomic mass is 9.37. The van der Waals surface area contributed by atoms with Gasteiger partial charge in [0.1, 0.15) is 11.2 Å². The van der Waals surface area contributed by atoms with Gasteiger partial charge in [0, 0.05) is 27.8 Å². The standard InChI is InChI=1S/C39H36BNO/c1-23-20-28-35-29(17-19-34-36(35)27-10-8-9-11-33(27)42-34)40-30-22-25(39(5,6)7)14-18-31(30)41(32(21-23)37(28)40)26-15-12-24(13-16-26)38(2,3)4/h8-22H,1-7H3. The van der Waals surface area contributed by atoms with Gasteiger partial charge in [-0.25, -0.2) is 0 Å². The summed E-state index contributed by atoms with van der Waals surface area (Å²) in [7, 11) is 0. The molecule has 0 radical (unpaired) electrons. The van der Waals surface area contributed by atoms with Crippen molar-refractivity contribution < 1.29 is 4.42 Å². The van der Waals surface area contributed by atoms with Crippen molar-refractivity contribution in [2.75, 3.05) is 4.90 Å². The molecule has 2 nitrogen and oxygen atoms in total. The van der Waals surface area contributed by atoms with Crippen molar-refractivity contribution in [1.82, 2.24) is 0 Å². The van der Waals surface area contributed by atoms with Gasteiger partial charge in [0.05, 0.1) is 0 Å². The number of fused-ring (bicyclic) bond motifs is 9. The number of hydrogen-bond acceptors (Lipinski definition) is 2. The van der Waals surface area contributed by atoms with Crippen LogP contribution in [0.5, 0.6) is 0 Å². The van der Waals surface area contributed by atoms with E-state index < -0.39 is 0 Å². The molecule has 0 fully saturated rings. The Morgan fingerprint density at radius 2 is 1.36 bits per heavy atom. The monoisotopic (exact) mass is 545 g/mol. The van der Waals surface area contributed by atoms with Gasteiger partial charge >= 0.3 is 0 Å². The molecule has 8 rings (SSSR count). The van der Waals surface area contributed by atoms with E-state index >= 15 is 0 Å². The smallest absolute Gasteiger partial charge is 0.248 e. The van der Waals surface area contributed by atoms with Gasteiger partial charge < -0.3 is 9.32 Å². The van der Waals surface area contributed by atoms with Crippen LogP contribution in [0.15, 0.2) is 95.4 Å². The zero-order chi connectivity index (χ0) is 29.1. The maximum absolute atomic E-state index is 6.39. The molecule has 3 heteroatoms. The van der Waals surface area contributed by atoms with Crippen molar-refractivity contribution in [1.29, 1.82) is 0 Å². The van der Waals surface area contributed by atoms with Crippen LogP contribution >= 0.6 is 0 Å². The Hall–Kier alpha value is -4.24. The van der Waals surface area contributed by atoms with Crippen molar-refractivity contribution in [2.24, 2.45) is 0 Å². The molecule has 0 aliphatic carbocycles. The molecule has 0 amide bonds. The first kappa shape index (κ1) is 25.5. The first-order chi connectivity index (χ1) is 20.0. The second kappa shape index (κ2) is 8.41. The molecule has 42 heavy (non-hydrogen) atoms. The van der Waals surface area contributed by atoms with Gasteiger partial charge in [0.25, 0.3) is 0 Å². The Morgan fingerprint density at radius 1 is 0.643 bits per heavy atom. The lowest BCUT2D eigenvalue weighted by molar-refractivity contribution is 0.590. The highest BCUT2D eigenvalue weighted by Crippen LogP contribution is 2.45. The van der Waals surface area contributed by atoms with Crippen LogP contribution in [0, 0.1) is 6.92 Å². The molecule has 0 N–H and O–H groups in total. The Morgan fingerprint density at radius 3 is 2.10 bits per heavy atom. The first-order valence-electron chi connectivity index (χ1n) is 15.1. The summed E-state index contributed by atoms with van der Waals surface area (Å²) in [6.07, 6.45) is 0. The maximum atomic E-state index is 6.39. The Kier molecular flexibility index (Phi) is 5.10. The van der Waals surface area contributed by atoms with Gasteiger partial charge in [0.15, 0.2) is 0 Å². The first-order valence-corrected chi connectivity index (χ1v) is 15.1. The predicted molar refractivity (Wildman–Crippen MR) is 181 cm³/mol. The zero-order valence-corrected chi connectivity index (χ0v) is 25.6. The highest BCUT2D eigenvalue weighted by atomic mass is 16.3. The number of anilines is 3. The van der Waals surface area contributed by atoms with Gasteiger partial charge in [-0.2, -0.15) is 0 Å². The van der Waals surface area contributed by atoms with Crippen LogP contribution in [0.3, 0.4) is 0 Å². The SMILES string of the molecule is Cc1cc2c3c(c1)N(c1ccc(C(C)(C)C)cc1)c1ccc(C(C)(C)C)cc1B3c1ccc3oc4ccccc4c3c1-2. The number of nitrogens with zero attached hydrogens (tertiary/aromatic N) is 1. The van der Waals surface area contributed by atoms with Gasteiger partial charge in [-0.3, -0.25) is 0 Å². The Balaban J connectivity index is 1.47. The third-order valence-corrected chi connectivity index (χ3v) is 9.43. The van der Waals surface area contributed by atoms with Gasteiger partial charge in [0.2, 0.25) is 6.71 Å². The molecule has 206 valence electrons. The Bertz CT molecular complexity index is 2070. The van der Waals surface area contributed by atoms with Crippen LogP contribution in [-0.4, -0.2) is 6.71 Å². The molecule has 5 aromatic carbocycles. The minimum atomic E-state index is 0.0523. The van der Waals surface area contributed by atoms with E-state index in [-0.39, 0.29) is 17.5 Å². The van der Waals surface area contributed by atoms with Crippen LogP contribution < -0.4 is 21.3 Å². The minimum Gasteiger partial charge on any atom is -0.456 e. The van der Waals surface area contributed by atoms with Crippen LogP contribution in [0.4, 0.5) is 17.1 Å². The summed E-state index contributed by atoms with van der Waals surface area (Å²) in [5.41, 5.74) is 16.6. The number of hydrogen-bond donors (Lipinski definition) is 0. The largest absolute Gasteiger partial charge is 0.456 e. The molecule has 0 atom stereocenters. The Labute approximate surface area is 249 Å². The normalized spacial score (nSPS) is 14.0. The molecular weight excluding hydrogens is 509 g/mol. The highest BCUT2D eigenvalue weighted by molar-refractivity contribution is 7.01. The van der Waals surface area contributed by atoms with E-state index in [9.17, 15) is 0 Å². The van der Waals surface area contributed by atoms with E-state index in [1.807, 2.05) is 0 Å². The second-order valence-corrected chi connectivity index (χ2v) is 14.3. The molecule has 3 heterocycles. The maximum Gasteiger partial charge on any atom is 0.248 e. The number of furan rings is 1. The van der Waals surface area contributed by atoms with E-state index in [4.69, 9.17) is 4.42 Å². The molecule has 2 aliphatic heterocycles. The number of rotatable bonds is 1. The third-order valence-electron chi connectivity index (χ3n) is 9.43. The highest BCUT2D eigenvalue weighted by Gasteiger charge is 2.44. The van der Waals surface area contributed by atoms with E-state index in [2.05, 4.69) is 144 Å². The van der Waals surface area contributed by atoms with Gasteiger partial charge in [-0.05, 0) is 92.9 Å². The average molecular weight is 546 g/mol. The molecule has 6 aromatic rings. The van der Waals surface area contributed by atoms with E-state index in [1.54, 1.807) is 0 Å². The summed E-state index contributed by atoms with van der Waals surface area (Å²) in [6, 6.07) is 34.2. The molecule has 0 unspecified atom stereocenters. The van der Waals surface area contributed by atoms with Crippen molar-refractivity contribution in [3.8, 4) is 11.1 Å². The van der Waals surface area contributed by atoms with Crippen molar-refractivity contribution >= 4 is 62.1 Å². The van der Waals surface area contributed by atoms with E-state index in [1.165, 1.54) is 72.0 Å². The summed E-state index contributed by atoms with van der Waals surface area (Å²) in [5.74, 6) is 0. The summed E-state index contributed by atoms with van der Waals surface area (Å²) < 4.78 is 6.39. The fourth-order valence-corrected chi connectivity index (χ4v) is 7.29. The fraction of sp³-hybridized carbons (Fsp3) is 0.231. The quantitative estimate of drug-likeness (QED) is 0.192. The van der Waals surface area contributed by atoms with Crippen LogP contribution in [0.2, 0.25) is 0 Å². The summed E-state index contributed by atoms with van der Waals surface area (Å²) in [6.45, 7) is 16.2. The molecule has 0 spiro atoms. The number of benzene rings is 5. The van der Waals surface area contributed by atoms with Crippen molar-refractivity contribution in [3.63, 3.8) is 0 Å². The summed E-state index contributed by atoms with van der Waals surface area (Å²) >= 11 is 0. The molecule has 0 saturated carbocycles. The van der Waals surface area contributed by atoms with Crippen molar-refractivity contribution in [2.45, 2.75) is 59.3 Å². The summed E-state index contributed by atoms with van der Waals surface area (Å²) in [4.78, 5) is 2.51. The van der Waals surface area contributed by atoms with E-state index in [0.29, 0.717) is 0 Å². The number of para-hydroxylation sites is 1. The minimum absolute atomic E-state index is 0.0523. The van der Waals surface area contributed by atoms with Gasteiger partial charge in [-0.15, -0.1) is 0 Å². The zero-order valence-electron chi connectivity index (χ0n) is 25.6. The average Bonchev–Trinajstić information content (AvgIpc) is 3.48. The molecular formula is C39H36BNO. The topological polar surface area (TPSA) is 16.4 Å². The third kappa shape index (κ3) is 3.52. The van der Waals surface area contributed by atoms with Gasteiger partial charge in [-0.1, -0.05) is 102 Å². The van der Waals surface area contributed by atoms with Crippen LogP contribution in [-0.2, 0) is 10.8 Å². The molecule has 2 aliphatic rings.